The summed E-state index contributed by atoms with van der Waals surface area (Å²) in [6.07, 6.45) is 1.90. The molecule has 3 aromatic rings. The monoisotopic (exact) mass is 369 g/mol. The molecular formula is C25H23NO2. The zero-order valence-corrected chi connectivity index (χ0v) is 16.1. The number of carbonyl (C=O) groups is 1. The van der Waals surface area contributed by atoms with Crippen molar-refractivity contribution in [3.63, 3.8) is 0 Å². The Morgan fingerprint density at radius 1 is 0.964 bits per heavy atom. The second kappa shape index (κ2) is 7.01. The van der Waals surface area contributed by atoms with Crippen LogP contribution in [0.15, 0.2) is 91.5 Å². The number of para-hydroxylation sites is 1. The van der Waals surface area contributed by atoms with Gasteiger partial charge in [-0.1, -0.05) is 66.7 Å². The lowest BCUT2D eigenvalue weighted by molar-refractivity contribution is -0.122. The van der Waals surface area contributed by atoms with Crippen molar-refractivity contribution >= 4 is 11.6 Å². The topological polar surface area (TPSA) is 29.5 Å². The first-order chi connectivity index (χ1) is 13.6. The average molecular weight is 369 g/mol. The lowest BCUT2D eigenvalue weighted by Crippen LogP contribution is -2.44. The largest absolute Gasteiger partial charge is 0.497 e. The number of allylic oxidation sites excluding steroid dienone is 1. The molecule has 3 aromatic carbocycles. The highest BCUT2D eigenvalue weighted by molar-refractivity contribution is 6.11. The minimum atomic E-state index is -0.874. The van der Waals surface area contributed by atoms with Crippen LogP contribution in [0.3, 0.4) is 0 Å². The van der Waals surface area contributed by atoms with Crippen molar-refractivity contribution in [2.45, 2.75) is 11.3 Å². The maximum absolute atomic E-state index is 13.9. The van der Waals surface area contributed by atoms with Gasteiger partial charge in [0.05, 0.1) is 7.11 Å². The van der Waals surface area contributed by atoms with Crippen LogP contribution in [0.2, 0.25) is 0 Å². The summed E-state index contributed by atoms with van der Waals surface area (Å²) in [6, 6.07) is 25.9. The maximum atomic E-state index is 13.9. The molecule has 0 aromatic heterocycles. The molecule has 0 bridgehead atoms. The number of benzene rings is 3. The zero-order chi connectivity index (χ0) is 19.7. The number of hydrogen-bond acceptors (Lipinski definition) is 2. The number of hydrogen-bond donors (Lipinski definition) is 0. The van der Waals surface area contributed by atoms with E-state index in [1.54, 1.807) is 12.0 Å². The van der Waals surface area contributed by atoms with E-state index >= 15 is 0 Å². The van der Waals surface area contributed by atoms with Crippen molar-refractivity contribution in [1.82, 2.24) is 0 Å². The minimum absolute atomic E-state index is 0.0487. The molecule has 1 heterocycles. The van der Waals surface area contributed by atoms with Crippen LogP contribution in [0, 0.1) is 0 Å². The molecular weight excluding hydrogens is 346 g/mol. The molecule has 2 unspecified atom stereocenters. The van der Waals surface area contributed by atoms with E-state index in [9.17, 15) is 4.79 Å². The van der Waals surface area contributed by atoms with Crippen LogP contribution in [0.25, 0.3) is 0 Å². The van der Waals surface area contributed by atoms with Crippen molar-refractivity contribution in [1.29, 1.82) is 0 Å². The number of fused-ring (bicyclic) bond motifs is 1. The van der Waals surface area contributed by atoms with Crippen molar-refractivity contribution in [2.24, 2.45) is 0 Å². The van der Waals surface area contributed by atoms with Crippen LogP contribution in [-0.4, -0.2) is 20.1 Å². The fourth-order valence-electron chi connectivity index (χ4n) is 4.42. The normalized spacial score (nSPS) is 19.2. The van der Waals surface area contributed by atoms with E-state index in [4.69, 9.17) is 4.74 Å². The smallest absolute Gasteiger partial charge is 0.242 e. The third-order valence-corrected chi connectivity index (χ3v) is 5.74. The predicted molar refractivity (Wildman–Crippen MR) is 113 cm³/mol. The fourth-order valence-corrected chi connectivity index (χ4v) is 4.42. The van der Waals surface area contributed by atoms with Crippen LogP contribution < -0.4 is 9.64 Å². The summed E-state index contributed by atoms with van der Waals surface area (Å²) in [6.45, 7) is 4.12. The highest BCUT2D eigenvalue weighted by atomic mass is 16.5. The number of ether oxygens (including phenoxy) is 1. The van der Waals surface area contributed by atoms with Gasteiger partial charge in [0, 0.05) is 18.7 Å². The maximum Gasteiger partial charge on any atom is 0.242 e. The van der Waals surface area contributed by atoms with Gasteiger partial charge in [0.15, 0.2) is 0 Å². The highest BCUT2D eigenvalue weighted by Crippen LogP contribution is 2.53. The Morgan fingerprint density at radius 2 is 1.61 bits per heavy atom. The Bertz CT molecular complexity index is 1010. The fraction of sp³-hybridized carbons (Fsp3) is 0.160. The molecule has 0 spiro atoms. The van der Waals surface area contributed by atoms with Gasteiger partial charge >= 0.3 is 0 Å². The van der Waals surface area contributed by atoms with Crippen molar-refractivity contribution in [3.8, 4) is 5.75 Å². The molecule has 4 rings (SSSR count). The molecule has 0 saturated carbocycles. The van der Waals surface area contributed by atoms with Crippen LogP contribution in [-0.2, 0) is 10.2 Å². The van der Waals surface area contributed by atoms with E-state index in [1.807, 2.05) is 73.8 Å². The number of likely N-dealkylation sites (N-methyl/N-ethyl adjacent to an activating group) is 1. The zero-order valence-electron chi connectivity index (χ0n) is 16.1. The molecule has 1 amide bonds. The van der Waals surface area contributed by atoms with Gasteiger partial charge in [0.2, 0.25) is 5.91 Å². The van der Waals surface area contributed by atoms with E-state index < -0.39 is 5.41 Å². The molecule has 1 aliphatic rings. The van der Waals surface area contributed by atoms with Gasteiger partial charge in [-0.2, -0.15) is 0 Å². The number of anilines is 1. The van der Waals surface area contributed by atoms with Crippen LogP contribution in [0.5, 0.6) is 5.75 Å². The molecule has 1 aliphatic heterocycles. The van der Waals surface area contributed by atoms with E-state index in [0.717, 1.165) is 28.1 Å². The van der Waals surface area contributed by atoms with Gasteiger partial charge in [-0.3, -0.25) is 4.79 Å². The van der Waals surface area contributed by atoms with E-state index in [1.165, 1.54) is 0 Å². The van der Waals surface area contributed by atoms with Gasteiger partial charge in [0.1, 0.15) is 11.2 Å². The Kier molecular flexibility index (Phi) is 4.52. The Labute approximate surface area is 165 Å². The molecule has 0 fully saturated rings. The molecule has 140 valence electrons. The van der Waals surface area contributed by atoms with Crippen molar-refractivity contribution in [3.05, 3.63) is 108 Å². The first-order valence-corrected chi connectivity index (χ1v) is 9.34. The van der Waals surface area contributed by atoms with Gasteiger partial charge < -0.3 is 9.64 Å². The summed E-state index contributed by atoms with van der Waals surface area (Å²) in [5.41, 5.74) is 3.06. The molecule has 0 saturated heterocycles. The molecule has 2 atom stereocenters. The number of amides is 1. The van der Waals surface area contributed by atoms with Gasteiger partial charge in [-0.25, -0.2) is 0 Å². The van der Waals surface area contributed by atoms with Crippen LogP contribution in [0.1, 0.15) is 22.6 Å². The highest BCUT2D eigenvalue weighted by Gasteiger charge is 2.55. The lowest BCUT2D eigenvalue weighted by atomic mass is 9.64. The van der Waals surface area contributed by atoms with Gasteiger partial charge in [-0.05, 0) is 34.9 Å². The minimum Gasteiger partial charge on any atom is -0.497 e. The van der Waals surface area contributed by atoms with E-state index in [0.29, 0.717) is 0 Å². The van der Waals surface area contributed by atoms with Crippen molar-refractivity contribution < 1.29 is 9.53 Å². The van der Waals surface area contributed by atoms with E-state index in [2.05, 4.69) is 24.8 Å². The quantitative estimate of drug-likeness (QED) is 0.597. The van der Waals surface area contributed by atoms with Crippen LogP contribution >= 0.6 is 0 Å². The van der Waals surface area contributed by atoms with Gasteiger partial charge in [0.25, 0.3) is 0 Å². The summed E-state index contributed by atoms with van der Waals surface area (Å²) in [5.74, 6) is 0.606. The lowest BCUT2D eigenvalue weighted by Gasteiger charge is -2.36. The molecule has 3 heteroatoms. The van der Waals surface area contributed by atoms with Gasteiger partial charge in [-0.15, -0.1) is 6.58 Å². The molecule has 0 aliphatic carbocycles. The first kappa shape index (κ1) is 18.1. The SMILES string of the molecule is C=CC(c1ccccc1)C1(c2ccc(OC)cc2)C(=O)N(C)c2ccccc21. The number of nitrogens with zero attached hydrogens (tertiary/aromatic N) is 1. The third-order valence-electron chi connectivity index (χ3n) is 5.74. The second-order valence-electron chi connectivity index (χ2n) is 7.04. The second-order valence-corrected chi connectivity index (χ2v) is 7.04. The number of carbonyl (C=O) groups excluding carboxylic acids is 1. The predicted octanol–water partition coefficient (Wildman–Crippen LogP) is 4.93. The molecule has 28 heavy (non-hydrogen) atoms. The summed E-state index contributed by atoms with van der Waals surface area (Å²) >= 11 is 0. The molecule has 0 radical (unpaired) electrons. The van der Waals surface area contributed by atoms with Crippen molar-refractivity contribution in [2.75, 3.05) is 19.1 Å². The summed E-state index contributed by atoms with van der Waals surface area (Å²) in [7, 11) is 3.49. The average Bonchev–Trinajstić information content (AvgIpc) is 2.98. The summed E-state index contributed by atoms with van der Waals surface area (Å²) in [4.78, 5) is 15.6. The summed E-state index contributed by atoms with van der Waals surface area (Å²) < 4.78 is 5.34. The van der Waals surface area contributed by atoms with E-state index in [-0.39, 0.29) is 11.8 Å². The number of methoxy groups -OCH3 is 1. The Balaban J connectivity index is 2.04. The number of rotatable bonds is 5. The Morgan fingerprint density at radius 3 is 2.25 bits per heavy atom. The van der Waals surface area contributed by atoms with Crippen LogP contribution in [0.4, 0.5) is 5.69 Å². The first-order valence-electron chi connectivity index (χ1n) is 9.34. The molecule has 0 N–H and O–H groups in total. The standard InChI is InChI=1S/C25H23NO2/c1-4-21(18-10-6-5-7-11-18)25(19-14-16-20(28-3)17-15-19)22-12-8-9-13-23(22)26(2)24(25)27/h4-17,21H,1H2,2-3H3. The molecule has 3 nitrogen and oxygen atoms in total. The summed E-state index contributed by atoms with van der Waals surface area (Å²) in [5, 5.41) is 0. The Hall–Kier alpha value is -3.33. The third kappa shape index (κ3) is 2.47.